The van der Waals surface area contributed by atoms with Crippen LogP contribution in [0, 0.1) is 6.92 Å². The van der Waals surface area contributed by atoms with Gasteiger partial charge in [0.2, 0.25) is 0 Å². The van der Waals surface area contributed by atoms with Crippen LogP contribution in [0.3, 0.4) is 0 Å². The molecule has 0 fully saturated rings. The van der Waals surface area contributed by atoms with Gasteiger partial charge in [-0.1, -0.05) is 121 Å². The molecule has 0 atom stereocenters. The van der Waals surface area contributed by atoms with E-state index in [0.29, 0.717) is 5.82 Å². The van der Waals surface area contributed by atoms with E-state index < -0.39 is 0 Å². The van der Waals surface area contributed by atoms with Crippen LogP contribution in [-0.2, 0) is 0 Å². The number of H-pyrrole nitrogens is 1. The molecule has 0 aliphatic carbocycles. The number of hydrogen-bond donors (Lipinski definition) is 1. The fourth-order valence-corrected chi connectivity index (χ4v) is 9.51. The van der Waals surface area contributed by atoms with Crippen LogP contribution < -0.4 is 0 Å². The molecule has 13 rings (SSSR count). The number of hydrogen-bond acceptors (Lipinski definition) is 4. The Kier molecular flexibility index (Phi) is 7.45. The first kappa shape index (κ1) is 34.6. The first-order valence-corrected chi connectivity index (χ1v) is 21.0. The summed E-state index contributed by atoms with van der Waals surface area (Å²) in [5.74, 6) is 0.680. The highest BCUT2D eigenvalue weighted by Crippen LogP contribution is 2.40. The average Bonchev–Trinajstić information content (AvgIpc) is 4.02. The maximum atomic E-state index is 6.51. The van der Waals surface area contributed by atoms with Gasteiger partial charge in [-0.15, -0.1) is 0 Å². The molecule has 5 nitrogen and oxygen atoms in total. The summed E-state index contributed by atoms with van der Waals surface area (Å²) in [4.78, 5) is 13.7. The largest absolute Gasteiger partial charge is 0.456 e. The van der Waals surface area contributed by atoms with Crippen molar-refractivity contribution in [3.63, 3.8) is 0 Å². The van der Waals surface area contributed by atoms with Crippen molar-refractivity contribution in [1.82, 2.24) is 15.0 Å². The number of aryl methyl sites for hydroxylation is 1. The summed E-state index contributed by atoms with van der Waals surface area (Å²) in [6.45, 7) is 2.02. The molecule has 0 aliphatic rings. The molecule has 4 heterocycles. The number of fused-ring (bicyclic) bond motifs is 11. The van der Waals surface area contributed by atoms with Crippen LogP contribution >= 0.6 is 0 Å². The van der Waals surface area contributed by atoms with Crippen LogP contribution in [0.25, 0.3) is 132 Å². The minimum atomic E-state index is 0.680. The van der Waals surface area contributed by atoms with E-state index in [9.17, 15) is 0 Å². The van der Waals surface area contributed by atoms with Crippen LogP contribution in [0.15, 0.2) is 197 Å². The molecule has 9 aromatic carbocycles. The Bertz CT molecular complexity index is 3960. The number of para-hydroxylation sites is 2. The maximum Gasteiger partial charge on any atom is 0.160 e. The highest BCUT2D eigenvalue weighted by atomic mass is 16.3. The summed E-state index contributed by atoms with van der Waals surface area (Å²) in [5.41, 5.74) is 16.2. The molecule has 290 valence electrons. The molecule has 0 amide bonds. The zero-order valence-electron chi connectivity index (χ0n) is 33.6. The van der Waals surface area contributed by atoms with Crippen molar-refractivity contribution in [2.24, 2.45) is 0 Å². The Labute approximate surface area is 355 Å². The molecule has 0 saturated carbocycles. The SMILES string of the molecule is Cc1cc(-c2ccc3c(c2)oc2ccccc23)nc(-c2cccc(-c3ccc4c(c3)oc3ccc(-c5cccc(-c6cccc7c6[nH]c6ccc8ccccc8c67)c5)cc34)c2)n1. The first-order valence-electron chi connectivity index (χ1n) is 21.0. The summed E-state index contributed by atoms with van der Waals surface area (Å²) in [5, 5.41) is 9.41. The van der Waals surface area contributed by atoms with E-state index in [1.165, 1.54) is 32.7 Å². The summed E-state index contributed by atoms with van der Waals surface area (Å²) in [6, 6.07) is 66.4. The molecule has 1 N–H and O–H groups in total. The number of benzene rings is 9. The number of nitrogens with zero attached hydrogens (tertiary/aromatic N) is 2. The molecular formula is C57H35N3O2. The van der Waals surface area contributed by atoms with Crippen molar-refractivity contribution in [1.29, 1.82) is 0 Å². The van der Waals surface area contributed by atoms with Crippen LogP contribution in [-0.4, -0.2) is 15.0 Å². The van der Waals surface area contributed by atoms with Crippen LogP contribution in [0.5, 0.6) is 0 Å². The van der Waals surface area contributed by atoms with E-state index in [1.54, 1.807) is 0 Å². The third-order valence-electron chi connectivity index (χ3n) is 12.5. The van der Waals surface area contributed by atoms with E-state index in [1.807, 2.05) is 31.2 Å². The summed E-state index contributed by atoms with van der Waals surface area (Å²) in [6.07, 6.45) is 0. The number of nitrogens with one attached hydrogen (secondary N) is 1. The molecule has 0 bridgehead atoms. The van der Waals surface area contributed by atoms with Gasteiger partial charge in [0.1, 0.15) is 22.3 Å². The van der Waals surface area contributed by atoms with E-state index >= 15 is 0 Å². The quantitative estimate of drug-likeness (QED) is 0.188. The Morgan fingerprint density at radius 3 is 1.87 bits per heavy atom. The molecule has 0 spiro atoms. The highest BCUT2D eigenvalue weighted by Gasteiger charge is 2.16. The Morgan fingerprint density at radius 2 is 1.00 bits per heavy atom. The van der Waals surface area contributed by atoms with Gasteiger partial charge < -0.3 is 13.8 Å². The van der Waals surface area contributed by atoms with Gasteiger partial charge in [-0.2, -0.15) is 0 Å². The summed E-state index contributed by atoms with van der Waals surface area (Å²) < 4.78 is 12.7. The van der Waals surface area contributed by atoms with Gasteiger partial charge in [0.15, 0.2) is 5.82 Å². The van der Waals surface area contributed by atoms with Crippen LogP contribution in [0.1, 0.15) is 5.69 Å². The zero-order chi connectivity index (χ0) is 40.9. The Hall–Kier alpha value is -8.28. The van der Waals surface area contributed by atoms with Crippen molar-refractivity contribution < 1.29 is 8.83 Å². The monoisotopic (exact) mass is 793 g/mol. The first-order chi connectivity index (χ1) is 30.6. The average molecular weight is 794 g/mol. The van der Waals surface area contributed by atoms with Gasteiger partial charge in [0, 0.05) is 60.2 Å². The van der Waals surface area contributed by atoms with Gasteiger partial charge in [0.05, 0.1) is 11.2 Å². The molecule has 13 aromatic rings. The number of aromatic nitrogens is 3. The smallest absolute Gasteiger partial charge is 0.160 e. The topological polar surface area (TPSA) is 67.8 Å². The van der Waals surface area contributed by atoms with E-state index in [2.05, 4.69) is 169 Å². The van der Waals surface area contributed by atoms with Gasteiger partial charge in [-0.25, -0.2) is 9.97 Å². The summed E-state index contributed by atoms with van der Waals surface area (Å²) >= 11 is 0. The van der Waals surface area contributed by atoms with Crippen molar-refractivity contribution in [2.75, 3.05) is 0 Å². The van der Waals surface area contributed by atoms with Gasteiger partial charge >= 0.3 is 0 Å². The normalized spacial score (nSPS) is 12.0. The lowest BCUT2D eigenvalue weighted by Gasteiger charge is -2.09. The van der Waals surface area contributed by atoms with Gasteiger partial charge in [0.25, 0.3) is 0 Å². The van der Waals surface area contributed by atoms with Crippen molar-refractivity contribution in [3.05, 3.63) is 194 Å². The molecular weight excluding hydrogens is 759 g/mol. The zero-order valence-corrected chi connectivity index (χ0v) is 33.6. The van der Waals surface area contributed by atoms with Crippen LogP contribution in [0.2, 0.25) is 0 Å². The van der Waals surface area contributed by atoms with E-state index in [0.717, 1.165) is 99.7 Å². The minimum absolute atomic E-state index is 0.680. The predicted octanol–water partition coefficient (Wildman–Crippen LogP) is 15.7. The summed E-state index contributed by atoms with van der Waals surface area (Å²) in [7, 11) is 0. The van der Waals surface area contributed by atoms with Crippen molar-refractivity contribution in [3.8, 4) is 56.0 Å². The number of furan rings is 2. The molecule has 0 unspecified atom stereocenters. The third kappa shape index (κ3) is 5.49. The van der Waals surface area contributed by atoms with Crippen LogP contribution in [0.4, 0.5) is 0 Å². The lowest BCUT2D eigenvalue weighted by atomic mass is 9.96. The van der Waals surface area contributed by atoms with Crippen molar-refractivity contribution >= 4 is 76.5 Å². The van der Waals surface area contributed by atoms with Gasteiger partial charge in [-0.05, 0) is 112 Å². The molecule has 4 aromatic heterocycles. The fourth-order valence-electron chi connectivity index (χ4n) is 9.51. The lowest BCUT2D eigenvalue weighted by Crippen LogP contribution is -1.95. The molecule has 62 heavy (non-hydrogen) atoms. The Balaban J connectivity index is 0.828. The highest BCUT2D eigenvalue weighted by molar-refractivity contribution is 6.22. The molecule has 0 saturated heterocycles. The second-order valence-corrected chi connectivity index (χ2v) is 16.3. The molecule has 0 radical (unpaired) electrons. The number of rotatable bonds is 5. The lowest BCUT2D eigenvalue weighted by molar-refractivity contribution is 0.668. The third-order valence-corrected chi connectivity index (χ3v) is 12.5. The van der Waals surface area contributed by atoms with E-state index in [4.69, 9.17) is 18.8 Å². The minimum Gasteiger partial charge on any atom is -0.456 e. The fraction of sp³-hybridized carbons (Fsp3) is 0.0175. The molecule has 0 aliphatic heterocycles. The number of aromatic amines is 1. The second kappa shape index (κ2) is 13.4. The standard InChI is InChI=1S/C57H35N3O2/c1-33-27-50(40-20-24-45-44-15-4-5-18-51(44)61-54(45)32-40)60-57(58-33)41-13-7-11-36(29-41)38-19-23-46-48-30-37(22-26-52(48)62-53(46)31-38)35-10-6-12-39(28-35)43-16-8-17-47-55-42-14-3-2-9-34(42)21-25-49(55)59-56(43)47/h2-32,59H,1H3. The Morgan fingerprint density at radius 1 is 0.387 bits per heavy atom. The van der Waals surface area contributed by atoms with E-state index in [-0.39, 0.29) is 0 Å². The van der Waals surface area contributed by atoms with Crippen molar-refractivity contribution in [2.45, 2.75) is 6.92 Å². The predicted molar refractivity (Wildman–Crippen MR) is 255 cm³/mol. The molecule has 5 heteroatoms. The second-order valence-electron chi connectivity index (χ2n) is 16.3. The maximum absolute atomic E-state index is 6.51. The van der Waals surface area contributed by atoms with Gasteiger partial charge in [-0.3, -0.25) is 0 Å².